The van der Waals surface area contributed by atoms with E-state index in [4.69, 9.17) is 0 Å². The van der Waals surface area contributed by atoms with E-state index in [0.29, 0.717) is 0 Å². The lowest BCUT2D eigenvalue weighted by molar-refractivity contribution is 0.348. The zero-order chi connectivity index (χ0) is 15.7. The number of nitrogens with one attached hydrogen (secondary N) is 1. The lowest BCUT2D eigenvalue weighted by Crippen LogP contribution is -2.28. The summed E-state index contributed by atoms with van der Waals surface area (Å²) in [6.07, 6.45) is 5.15. The average Bonchev–Trinajstić information content (AvgIpc) is 2.38. The van der Waals surface area contributed by atoms with Crippen LogP contribution in [0.4, 0.5) is 0 Å². The third-order valence-electron chi connectivity index (χ3n) is 3.92. The molecule has 0 bridgehead atoms. The van der Waals surface area contributed by atoms with Gasteiger partial charge in [-0.1, -0.05) is 68.6 Å². The third kappa shape index (κ3) is 8.63. The fourth-order valence-electron chi connectivity index (χ4n) is 2.99. The van der Waals surface area contributed by atoms with Gasteiger partial charge in [-0.15, -0.1) is 0 Å². The van der Waals surface area contributed by atoms with E-state index in [1.807, 2.05) is 0 Å². The molecule has 0 aromatic heterocycles. The number of halogens is 1. The van der Waals surface area contributed by atoms with Crippen LogP contribution in [0.1, 0.15) is 52.5 Å². The molecule has 0 saturated heterocycles. The fraction of sp³-hybridized carbons (Fsp3) is 0.684. The minimum atomic E-state index is 0.726. The molecule has 21 heavy (non-hydrogen) atoms. The SMILES string of the molecule is CCCC(C)CC(CNCC(C)C)Cc1cccc(Br)c1. The van der Waals surface area contributed by atoms with Crippen LogP contribution in [-0.2, 0) is 6.42 Å². The Morgan fingerprint density at radius 1 is 1.14 bits per heavy atom. The minimum absolute atomic E-state index is 0.726. The lowest BCUT2D eigenvalue weighted by atomic mass is 9.88. The van der Waals surface area contributed by atoms with Gasteiger partial charge in [0.1, 0.15) is 0 Å². The summed E-state index contributed by atoms with van der Waals surface area (Å²) in [7, 11) is 0. The Balaban J connectivity index is 2.57. The van der Waals surface area contributed by atoms with E-state index in [1.165, 1.54) is 35.7 Å². The number of rotatable bonds is 10. The topological polar surface area (TPSA) is 12.0 Å². The maximum Gasteiger partial charge on any atom is 0.0177 e. The fourth-order valence-corrected chi connectivity index (χ4v) is 3.44. The number of hydrogen-bond acceptors (Lipinski definition) is 1. The van der Waals surface area contributed by atoms with Crippen molar-refractivity contribution in [3.63, 3.8) is 0 Å². The van der Waals surface area contributed by atoms with E-state index in [1.54, 1.807) is 0 Å². The van der Waals surface area contributed by atoms with Gasteiger partial charge in [-0.2, -0.15) is 0 Å². The molecule has 0 fully saturated rings. The van der Waals surface area contributed by atoms with Crippen molar-refractivity contribution in [3.8, 4) is 0 Å². The standard InChI is InChI=1S/C19H32BrN/c1-5-7-16(4)10-18(14-21-13-15(2)3)11-17-8-6-9-19(20)12-17/h6,8-9,12,15-16,18,21H,5,7,10-11,13-14H2,1-4H3. The van der Waals surface area contributed by atoms with Gasteiger partial charge in [0.2, 0.25) is 0 Å². The Morgan fingerprint density at radius 2 is 1.90 bits per heavy atom. The molecule has 1 aromatic carbocycles. The van der Waals surface area contributed by atoms with Crippen molar-refractivity contribution in [2.24, 2.45) is 17.8 Å². The largest absolute Gasteiger partial charge is 0.316 e. The normalized spacial score (nSPS) is 14.4. The minimum Gasteiger partial charge on any atom is -0.316 e. The first kappa shape index (κ1) is 18.7. The molecule has 1 N–H and O–H groups in total. The van der Waals surface area contributed by atoms with E-state index >= 15 is 0 Å². The Bertz CT molecular complexity index is 389. The van der Waals surface area contributed by atoms with Gasteiger partial charge in [0.05, 0.1) is 0 Å². The lowest BCUT2D eigenvalue weighted by Gasteiger charge is -2.22. The maximum atomic E-state index is 3.66. The Labute approximate surface area is 140 Å². The summed E-state index contributed by atoms with van der Waals surface area (Å²) >= 11 is 3.58. The molecule has 120 valence electrons. The second-order valence-electron chi connectivity index (χ2n) is 6.88. The Kier molecular flexibility index (Phi) is 9.26. The molecule has 2 heteroatoms. The van der Waals surface area contributed by atoms with Crippen LogP contribution in [0.25, 0.3) is 0 Å². The second-order valence-corrected chi connectivity index (χ2v) is 7.80. The molecule has 0 aliphatic heterocycles. The summed E-state index contributed by atoms with van der Waals surface area (Å²) in [4.78, 5) is 0. The monoisotopic (exact) mass is 353 g/mol. The van der Waals surface area contributed by atoms with Gasteiger partial charge in [0, 0.05) is 4.47 Å². The van der Waals surface area contributed by atoms with E-state index in [9.17, 15) is 0 Å². The van der Waals surface area contributed by atoms with Crippen LogP contribution in [-0.4, -0.2) is 13.1 Å². The van der Waals surface area contributed by atoms with Gasteiger partial charge in [-0.3, -0.25) is 0 Å². The van der Waals surface area contributed by atoms with Crippen molar-refractivity contribution in [1.82, 2.24) is 5.32 Å². The number of benzene rings is 1. The molecule has 0 radical (unpaired) electrons. The molecule has 1 nitrogen and oxygen atoms in total. The smallest absolute Gasteiger partial charge is 0.0177 e. The summed E-state index contributed by atoms with van der Waals surface area (Å²) < 4.78 is 1.19. The van der Waals surface area contributed by atoms with Crippen molar-refractivity contribution in [1.29, 1.82) is 0 Å². The maximum absolute atomic E-state index is 3.66. The molecular weight excluding hydrogens is 322 g/mol. The molecule has 0 amide bonds. The first-order valence-corrected chi connectivity index (χ1v) is 9.25. The van der Waals surface area contributed by atoms with Crippen LogP contribution < -0.4 is 5.32 Å². The molecule has 1 rings (SSSR count). The molecule has 2 unspecified atom stereocenters. The van der Waals surface area contributed by atoms with Gasteiger partial charge in [0.25, 0.3) is 0 Å². The van der Waals surface area contributed by atoms with Crippen molar-refractivity contribution in [2.45, 2.75) is 53.4 Å². The van der Waals surface area contributed by atoms with Crippen molar-refractivity contribution >= 4 is 15.9 Å². The summed E-state index contributed by atoms with van der Waals surface area (Å²) in [6, 6.07) is 8.77. The third-order valence-corrected chi connectivity index (χ3v) is 4.41. The Morgan fingerprint density at radius 3 is 2.52 bits per heavy atom. The summed E-state index contributed by atoms with van der Waals surface area (Å²) in [5.74, 6) is 2.29. The van der Waals surface area contributed by atoms with Gasteiger partial charge in [-0.05, 0) is 61.4 Å². The van der Waals surface area contributed by atoms with Crippen LogP contribution in [0, 0.1) is 17.8 Å². The zero-order valence-electron chi connectivity index (χ0n) is 14.2. The highest BCUT2D eigenvalue weighted by Crippen LogP contribution is 2.22. The Hall–Kier alpha value is -0.340. The quantitative estimate of drug-likeness (QED) is 0.570. The van der Waals surface area contributed by atoms with Crippen LogP contribution in [0.2, 0.25) is 0 Å². The summed E-state index contributed by atoms with van der Waals surface area (Å²) in [5.41, 5.74) is 1.45. The van der Waals surface area contributed by atoms with Crippen molar-refractivity contribution in [2.75, 3.05) is 13.1 Å². The predicted octanol–water partition coefficient (Wildman–Crippen LogP) is 5.68. The highest BCUT2D eigenvalue weighted by molar-refractivity contribution is 9.10. The van der Waals surface area contributed by atoms with Crippen LogP contribution >= 0.6 is 15.9 Å². The molecular formula is C19H32BrN. The predicted molar refractivity (Wildman–Crippen MR) is 97.7 cm³/mol. The van der Waals surface area contributed by atoms with Crippen LogP contribution in [0.15, 0.2) is 28.7 Å². The molecule has 0 aliphatic carbocycles. The van der Waals surface area contributed by atoms with Crippen LogP contribution in [0.3, 0.4) is 0 Å². The second kappa shape index (κ2) is 10.4. The highest BCUT2D eigenvalue weighted by atomic mass is 79.9. The average molecular weight is 354 g/mol. The summed E-state index contributed by atoms with van der Waals surface area (Å²) in [5, 5.41) is 3.66. The molecule has 0 spiro atoms. The number of hydrogen-bond donors (Lipinski definition) is 1. The van der Waals surface area contributed by atoms with Crippen molar-refractivity contribution in [3.05, 3.63) is 34.3 Å². The van der Waals surface area contributed by atoms with E-state index in [0.717, 1.165) is 30.8 Å². The molecule has 1 aromatic rings. The highest BCUT2D eigenvalue weighted by Gasteiger charge is 2.14. The molecule has 0 saturated carbocycles. The van der Waals surface area contributed by atoms with Gasteiger partial charge in [0.15, 0.2) is 0 Å². The van der Waals surface area contributed by atoms with Crippen LogP contribution in [0.5, 0.6) is 0 Å². The van der Waals surface area contributed by atoms with Gasteiger partial charge < -0.3 is 5.32 Å². The van der Waals surface area contributed by atoms with Gasteiger partial charge >= 0.3 is 0 Å². The van der Waals surface area contributed by atoms with Crippen molar-refractivity contribution < 1.29 is 0 Å². The summed E-state index contributed by atoms with van der Waals surface area (Å²) in [6.45, 7) is 11.5. The first-order valence-electron chi connectivity index (χ1n) is 8.46. The molecule has 0 aliphatic rings. The zero-order valence-corrected chi connectivity index (χ0v) is 15.7. The van der Waals surface area contributed by atoms with E-state index in [2.05, 4.69) is 73.2 Å². The van der Waals surface area contributed by atoms with Gasteiger partial charge in [-0.25, -0.2) is 0 Å². The van der Waals surface area contributed by atoms with E-state index in [-0.39, 0.29) is 0 Å². The molecule has 0 heterocycles. The van der Waals surface area contributed by atoms with E-state index < -0.39 is 0 Å². The first-order chi connectivity index (χ1) is 10.0. The molecule has 2 atom stereocenters.